The molecular weight excluding hydrogens is 641 g/mol. The highest BCUT2D eigenvalue weighted by Crippen LogP contribution is 2.21. The van der Waals surface area contributed by atoms with E-state index < -0.39 is 17.5 Å². The molecule has 276 valence electrons. The topological polar surface area (TPSA) is 18.5 Å². The van der Waals surface area contributed by atoms with E-state index in [2.05, 4.69) is 37.5 Å². The van der Waals surface area contributed by atoms with Crippen LogP contribution >= 0.6 is 0 Å². The fraction of sp³-hybridized carbons (Fsp3) is 0.522. The minimum Gasteiger partial charge on any atom is -0.491 e. The Hall–Kier alpha value is -3.83. The summed E-state index contributed by atoms with van der Waals surface area (Å²) in [6.45, 7) is 5.44. The number of hydrogen-bond acceptors (Lipinski definition) is 2. The zero-order valence-corrected chi connectivity index (χ0v) is 31.2. The largest absolute Gasteiger partial charge is 0.491 e. The monoisotopic (exact) mass is 700 g/mol. The summed E-state index contributed by atoms with van der Waals surface area (Å²) in [5, 5.41) is 0. The summed E-state index contributed by atoms with van der Waals surface area (Å²) in [5.74, 6) is 10.3. The first kappa shape index (κ1) is 41.6. The van der Waals surface area contributed by atoms with Gasteiger partial charge in [0.05, 0.1) is 18.8 Å². The lowest BCUT2D eigenvalue weighted by atomic mass is 10.1. The molecule has 0 saturated carbocycles. The van der Waals surface area contributed by atoms with Crippen LogP contribution in [0.3, 0.4) is 0 Å². The number of ether oxygens (including phenoxy) is 2. The Morgan fingerprint density at radius 1 is 0.392 bits per heavy atom. The number of rotatable bonds is 24. The molecule has 2 nitrogen and oxygen atoms in total. The van der Waals surface area contributed by atoms with E-state index in [1.165, 1.54) is 127 Å². The van der Waals surface area contributed by atoms with Gasteiger partial charge >= 0.3 is 0 Å². The maximum absolute atomic E-state index is 14.8. The lowest BCUT2D eigenvalue weighted by molar-refractivity contribution is 0.290. The zero-order chi connectivity index (χ0) is 36.4. The fourth-order valence-electron chi connectivity index (χ4n) is 5.91. The van der Waals surface area contributed by atoms with E-state index in [0.29, 0.717) is 29.9 Å². The zero-order valence-electron chi connectivity index (χ0n) is 31.2. The average Bonchev–Trinajstić information content (AvgIpc) is 3.13. The van der Waals surface area contributed by atoms with Crippen LogP contribution in [0.25, 0.3) is 0 Å². The molecule has 0 fully saturated rings. The highest BCUT2D eigenvalue weighted by molar-refractivity contribution is 5.49. The van der Waals surface area contributed by atoms with Gasteiger partial charge in [-0.3, -0.25) is 0 Å². The van der Waals surface area contributed by atoms with Crippen LogP contribution in [0.5, 0.6) is 11.5 Å². The van der Waals surface area contributed by atoms with Crippen molar-refractivity contribution in [1.82, 2.24) is 0 Å². The van der Waals surface area contributed by atoms with Crippen LogP contribution in [0.15, 0.2) is 54.6 Å². The summed E-state index contributed by atoms with van der Waals surface area (Å²) in [4.78, 5) is 0. The molecule has 0 aliphatic carbocycles. The maximum Gasteiger partial charge on any atom is 0.166 e. The van der Waals surface area contributed by atoms with Crippen molar-refractivity contribution in [3.63, 3.8) is 0 Å². The van der Waals surface area contributed by atoms with Crippen LogP contribution in [0, 0.1) is 41.1 Å². The fourth-order valence-corrected chi connectivity index (χ4v) is 5.91. The van der Waals surface area contributed by atoms with Crippen LogP contribution in [-0.2, 0) is 0 Å². The maximum atomic E-state index is 14.8. The van der Waals surface area contributed by atoms with Gasteiger partial charge in [0.2, 0.25) is 0 Å². The van der Waals surface area contributed by atoms with Crippen molar-refractivity contribution in [3.05, 3.63) is 94.3 Å². The molecule has 0 saturated heterocycles. The highest BCUT2D eigenvalue weighted by Gasteiger charge is 2.06. The molecule has 0 N–H and O–H groups in total. The van der Waals surface area contributed by atoms with Gasteiger partial charge in [0, 0.05) is 16.7 Å². The van der Waals surface area contributed by atoms with E-state index >= 15 is 0 Å². The van der Waals surface area contributed by atoms with Crippen LogP contribution in [0.2, 0.25) is 0 Å². The Kier molecular flexibility index (Phi) is 21.2. The van der Waals surface area contributed by atoms with E-state index in [9.17, 15) is 13.2 Å². The summed E-state index contributed by atoms with van der Waals surface area (Å²) < 4.78 is 55.4. The third kappa shape index (κ3) is 17.8. The lowest BCUT2D eigenvalue weighted by Gasteiger charge is -2.07. The highest BCUT2D eigenvalue weighted by atomic mass is 19.1. The van der Waals surface area contributed by atoms with Crippen LogP contribution in [-0.4, -0.2) is 13.2 Å². The van der Waals surface area contributed by atoms with Crippen molar-refractivity contribution in [1.29, 1.82) is 0 Å². The van der Waals surface area contributed by atoms with Gasteiger partial charge in [0.1, 0.15) is 5.82 Å². The Morgan fingerprint density at radius 3 is 1.10 bits per heavy atom. The number of hydrogen-bond donors (Lipinski definition) is 0. The Balaban J connectivity index is 1.38. The molecule has 0 aromatic heterocycles. The Bertz CT molecular complexity index is 1540. The molecule has 3 aromatic carbocycles. The van der Waals surface area contributed by atoms with Crippen LogP contribution in [0.4, 0.5) is 13.2 Å². The lowest BCUT2D eigenvalue weighted by Crippen LogP contribution is -1.99. The van der Waals surface area contributed by atoms with Gasteiger partial charge in [-0.1, -0.05) is 153 Å². The van der Waals surface area contributed by atoms with Crippen LogP contribution < -0.4 is 9.47 Å². The first-order valence-electron chi connectivity index (χ1n) is 19.7. The summed E-state index contributed by atoms with van der Waals surface area (Å²) in [7, 11) is 0. The van der Waals surface area contributed by atoms with Gasteiger partial charge in [0.15, 0.2) is 23.1 Å². The number of halogens is 3. The molecule has 0 aliphatic rings. The molecule has 3 aromatic rings. The van der Waals surface area contributed by atoms with Crippen LogP contribution in [0.1, 0.15) is 165 Å². The van der Waals surface area contributed by atoms with Gasteiger partial charge < -0.3 is 9.47 Å². The Labute approximate surface area is 306 Å². The van der Waals surface area contributed by atoms with E-state index in [0.717, 1.165) is 25.7 Å². The summed E-state index contributed by atoms with van der Waals surface area (Å²) >= 11 is 0. The van der Waals surface area contributed by atoms with E-state index in [1.54, 1.807) is 30.3 Å². The van der Waals surface area contributed by atoms with Crippen molar-refractivity contribution in [2.75, 3.05) is 13.2 Å². The second-order valence-corrected chi connectivity index (χ2v) is 13.5. The van der Waals surface area contributed by atoms with Crippen molar-refractivity contribution in [2.45, 2.75) is 142 Å². The molecular formula is C46H59F3O2. The summed E-state index contributed by atoms with van der Waals surface area (Å²) in [6, 6.07) is 13.7. The van der Waals surface area contributed by atoms with Crippen molar-refractivity contribution >= 4 is 0 Å². The van der Waals surface area contributed by atoms with Gasteiger partial charge in [-0.05, 0) is 67.4 Å². The molecule has 0 heterocycles. The minimum absolute atomic E-state index is 0.178. The van der Waals surface area contributed by atoms with Gasteiger partial charge in [-0.25, -0.2) is 13.2 Å². The molecule has 0 spiro atoms. The van der Waals surface area contributed by atoms with E-state index in [4.69, 9.17) is 9.47 Å². The molecule has 0 aliphatic heterocycles. The second-order valence-electron chi connectivity index (χ2n) is 13.5. The smallest absolute Gasteiger partial charge is 0.166 e. The minimum atomic E-state index is -0.534. The first-order valence-corrected chi connectivity index (χ1v) is 19.7. The third-order valence-electron chi connectivity index (χ3n) is 9.04. The quantitative estimate of drug-likeness (QED) is 0.0684. The van der Waals surface area contributed by atoms with E-state index in [-0.39, 0.29) is 17.1 Å². The molecule has 0 bridgehead atoms. The summed E-state index contributed by atoms with van der Waals surface area (Å²) in [5.41, 5.74) is 1.52. The van der Waals surface area contributed by atoms with Crippen molar-refractivity contribution in [2.24, 2.45) is 0 Å². The summed E-state index contributed by atoms with van der Waals surface area (Å²) in [6.07, 6.45) is 24.6. The molecule has 5 heteroatoms. The molecule has 0 radical (unpaired) electrons. The van der Waals surface area contributed by atoms with Crippen molar-refractivity contribution in [3.8, 4) is 35.2 Å². The van der Waals surface area contributed by atoms with Gasteiger partial charge in [-0.2, -0.15) is 0 Å². The number of unbranched alkanes of at least 4 members (excludes halogenated alkanes) is 18. The third-order valence-corrected chi connectivity index (χ3v) is 9.04. The molecule has 0 amide bonds. The van der Waals surface area contributed by atoms with Gasteiger partial charge in [0.25, 0.3) is 0 Å². The normalized spacial score (nSPS) is 10.7. The van der Waals surface area contributed by atoms with Crippen molar-refractivity contribution < 1.29 is 22.6 Å². The molecule has 3 rings (SSSR count). The standard InChI is InChI=1S/C46H59F3O2/c1-3-5-7-9-11-13-15-17-19-21-33-50-45-31-27-39(36-43(45)48)24-23-38-25-29-41(42(47)35-38)30-26-40-28-32-46(44(49)37-40)51-34-22-20-18-16-14-12-10-8-6-4-2/h25,27-29,31-32,35-37H,3-22,33-34H2,1-2H3. The van der Waals surface area contributed by atoms with Gasteiger partial charge in [-0.15, -0.1) is 0 Å². The first-order chi connectivity index (χ1) is 25.0. The average molecular weight is 701 g/mol. The molecule has 0 unspecified atom stereocenters. The Morgan fingerprint density at radius 2 is 0.725 bits per heavy atom. The number of benzene rings is 3. The predicted molar refractivity (Wildman–Crippen MR) is 206 cm³/mol. The molecule has 51 heavy (non-hydrogen) atoms. The predicted octanol–water partition coefficient (Wildman–Crippen LogP) is 13.5. The molecule has 0 atom stereocenters. The van der Waals surface area contributed by atoms with E-state index in [1.807, 2.05) is 0 Å². The SMILES string of the molecule is CCCCCCCCCCCCOc1ccc(C#Cc2ccc(C#Cc3ccc(OCCCCCCCCCCCC)c(F)c3)c(F)c2)cc1F. The second kappa shape index (κ2) is 26.0.